The highest BCUT2D eigenvalue weighted by molar-refractivity contribution is 7.99. The zero-order valence-corrected chi connectivity index (χ0v) is 8.70. The van der Waals surface area contributed by atoms with Gasteiger partial charge in [0.2, 0.25) is 0 Å². The van der Waals surface area contributed by atoms with Crippen molar-refractivity contribution in [3.63, 3.8) is 0 Å². The van der Waals surface area contributed by atoms with Crippen LogP contribution in [-0.4, -0.2) is 21.8 Å². The Bertz CT molecular complexity index is 214. The normalized spacial score (nSPS) is 9.50. The molecule has 0 unspecified atom stereocenters. The maximum absolute atomic E-state index is 5.37. The highest BCUT2D eigenvalue weighted by Gasteiger charge is 1.97. The van der Waals surface area contributed by atoms with Gasteiger partial charge >= 0.3 is 0 Å². The largest absolute Gasteiger partial charge is 0.330 e. The minimum atomic E-state index is 0. The molecule has 3 nitrogen and oxygen atoms in total. The van der Waals surface area contributed by atoms with Gasteiger partial charge in [0.15, 0.2) is 5.16 Å². The number of nitrogens with zero attached hydrogens (tertiary/aromatic N) is 2. The second-order valence-electron chi connectivity index (χ2n) is 2.31. The van der Waals surface area contributed by atoms with Crippen molar-refractivity contribution in [2.75, 3.05) is 12.3 Å². The predicted molar refractivity (Wildman–Crippen MR) is 54.9 cm³/mol. The number of hydrogen-bond donors (Lipinski definition) is 1. The third-order valence-electron chi connectivity index (χ3n) is 1.36. The Balaban J connectivity index is 0.00000121. The van der Waals surface area contributed by atoms with Crippen LogP contribution in [0, 0.1) is 0 Å². The number of hydrogen-bond acceptors (Lipinski definition) is 3. The van der Waals surface area contributed by atoms with Gasteiger partial charge in [-0.3, -0.25) is 0 Å². The van der Waals surface area contributed by atoms with Crippen molar-refractivity contribution in [1.29, 1.82) is 0 Å². The summed E-state index contributed by atoms with van der Waals surface area (Å²) in [5, 5.41) is 1.07. The molecule has 2 N–H and O–H groups in total. The minimum Gasteiger partial charge on any atom is -0.330 e. The van der Waals surface area contributed by atoms with E-state index in [2.05, 4.69) is 4.98 Å². The van der Waals surface area contributed by atoms with Crippen molar-refractivity contribution < 1.29 is 0 Å². The lowest BCUT2D eigenvalue weighted by molar-refractivity contribution is 0.788. The summed E-state index contributed by atoms with van der Waals surface area (Å²) in [6, 6.07) is 0. The summed E-state index contributed by atoms with van der Waals surface area (Å²) in [5.41, 5.74) is 5.37. The van der Waals surface area contributed by atoms with Crippen molar-refractivity contribution in [2.45, 2.75) is 11.6 Å². The van der Waals surface area contributed by atoms with Crippen LogP contribution in [0.5, 0.6) is 0 Å². The molecule has 70 valence electrons. The third kappa shape index (κ3) is 3.47. The van der Waals surface area contributed by atoms with Gasteiger partial charge in [-0.05, 0) is 13.0 Å². The topological polar surface area (TPSA) is 43.8 Å². The van der Waals surface area contributed by atoms with E-state index in [1.54, 1.807) is 11.8 Å². The number of imidazole rings is 1. The molecule has 1 rings (SSSR count). The van der Waals surface area contributed by atoms with Crippen molar-refractivity contribution >= 4 is 24.2 Å². The Morgan fingerprint density at radius 1 is 1.67 bits per heavy atom. The van der Waals surface area contributed by atoms with Gasteiger partial charge in [-0.25, -0.2) is 4.98 Å². The Kier molecular flexibility index (Phi) is 6.24. The first-order chi connectivity index (χ1) is 5.34. The first-order valence-corrected chi connectivity index (χ1v) is 4.63. The number of aromatic nitrogens is 2. The molecule has 0 amide bonds. The lowest BCUT2D eigenvalue weighted by Gasteiger charge is -1.98. The molecule has 0 saturated carbocycles. The first-order valence-electron chi connectivity index (χ1n) is 3.65. The SMILES string of the molecule is Cl.Cn1ccnc1SCCCN. The van der Waals surface area contributed by atoms with Crippen LogP contribution >= 0.6 is 24.2 Å². The number of nitrogens with two attached hydrogens (primary N) is 1. The lowest BCUT2D eigenvalue weighted by atomic mass is 10.5. The van der Waals surface area contributed by atoms with E-state index in [4.69, 9.17) is 5.73 Å². The van der Waals surface area contributed by atoms with Crippen molar-refractivity contribution in [3.05, 3.63) is 12.4 Å². The number of halogens is 1. The molecular formula is C7H14ClN3S. The van der Waals surface area contributed by atoms with Gasteiger partial charge in [-0.15, -0.1) is 12.4 Å². The van der Waals surface area contributed by atoms with E-state index in [0.717, 1.165) is 23.9 Å². The lowest BCUT2D eigenvalue weighted by Crippen LogP contribution is -2.00. The van der Waals surface area contributed by atoms with Crippen LogP contribution in [0.3, 0.4) is 0 Å². The van der Waals surface area contributed by atoms with Crippen LogP contribution in [0.4, 0.5) is 0 Å². The Hall–Kier alpha value is -0.190. The number of thioether (sulfide) groups is 1. The number of rotatable bonds is 4. The molecule has 0 aliphatic carbocycles. The van der Waals surface area contributed by atoms with Crippen molar-refractivity contribution in [2.24, 2.45) is 12.8 Å². The summed E-state index contributed by atoms with van der Waals surface area (Å²) < 4.78 is 2.02. The second-order valence-corrected chi connectivity index (χ2v) is 3.37. The molecule has 0 bridgehead atoms. The molecule has 1 aromatic rings. The van der Waals surface area contributed by atoms with Crippen LogP contribution in [0.25, 0.3) is 0 Å². The molecular weight excluding hydrogens is 194 g/mol. The van der Waals surface area contributed by atoms with Crippen LogP contribution in [0.2, 0.25) is 0 Å². The fraction of sp³-hybridized carbons (Fsp3) is 0.571. The fourth-order valence-corrected chi connectivity index (χ4v) is 1.63. The molecule has 0 aromatic carbocycles. The summed E-state index contributed by atoms with van der Waals surface area (Å²) in [5.74, 6) is 1.06. The van der Waals surface area contributed by atoms with Gasteiger partial charge in [-0.2, -0.15) is 0 Å². The summed E-state index contributed by atoms with van der Waals surface area (Å²) in [6.07, 6.45) is 4.81. The van der Waals surface area contributed by atoms with Gasteiger partial charge in [-0.1, -0.05) is 11.8 Å². The number of aryl methyl sites for hydroxylation is 1. The van der Waals surface area contributed by atoms with E-state index >= 15 is 0 Å². The molecule has 0 spiro atoms. The van der Waals surface area contributed by atoms with Gasteiger partial charge in [0, 0.05) is 25.2 Å². The van der Waals surface area contributed by atoms with E-state index in [9.17, 15) is 0 Å². The monoisotopic (exact) mass is 207 g/mol. The van der Waals surface area contributed by atoms with Crippen LogP contribution in [-0.2, 0) is 7.05 Å². The Morgan fingerprint density at radius 3 is 2.92 bits per heavy atom. The zero-order valence-electron chi connectivity index (χ0n) is 7.06. The Labute approximate surface area is 83.1 Å². The zero-order chi connectivity index (χ0) is 8.10. The molecule has 12 heavy (non-hydrogen) atoms. The average Bonchev–Trinajstić information content (AvgIpc) is 2.37. The molecule has 0 fully saturated rings. The van der Waals surface area contributed by atoms with E-state index in [1.807, 2.05) is 24.0 Å². The van der Waals surface area contributed by atoms with Gasteiger partial charge in [0.1, 0.15) is 0 Å². The van der Waals surface area contributed by atoms with Crippen LogP contribution in [0.15, 0.2) is 17.6 Å². The Morgan fingerprint density at radius 2 is 2.42 bits per heavy atom. The quantitative estimate of drug-likeness (QED) is 0.598. The molecule has 0 atom stereocenters. The van der Waals surface area contributed by atoms with Gasteiger partial charge in [0.25, 0.3) is 0 Å². The molecule has 0 aliphatic heterocycles. The standard InChI is InChI=1S/C7H13N3S.ClH/c1-10-5-4-9-7(10)11-6-2-3-8;/h4-5H,2-3,6,8H2,1H3;1H. The predicted octanol–water partition coefficient (Wildman–Crippen LogP) is 1.28. The molecule has 1 aromatic heterocycles. The van der Waals surface area contributed by atoms with Gasteiger partial charge < -0.3 is 10.3 Å². The van der Waals surface area contributed by atoms with E-state index in [0.29, 0.717) is 0 Å². The summed E-state index contributed by atoms with van der Waals surface area (Å²) in [6.45, 7) is 0.761. The summed E-state index contributed by atoms with van der Waals surface area (Å²) >= 11 is 1.75. The molecule has 1 heterocycles. The summed E-state index contributed by atoms with van der Waals surface area (Å²) in [4.78, 5) is 4.17. The second kappa shape index (κ2) is 6.34. The van der Waals surface area contributed by atoms with E-state index in [1.165, 1.54) is 0 Å². The molecule has 0 saturated heterocycles. The first kappa shape index (κ1) is 11.8. The fourth-order valence-electron chi connectivity index (χ4n) is 0.738. The van der Waals surface area contributed by atoms with Gasteiger partial charge in [0.05, 0.1) is 0 Å². The molecule has 0 radical (unpaired) electrons. The van der Waals surface area contributed by atoms with Crippen molar-refractivity contribution in [3.8, 4) is 0 Å². The molecule has 0 aliphatic rings. The van der Waals surface area contributed by atoms with E-state index < -0.39 is 0 Å². The smallest absolute Gasteiger partial charge is 0.167 e. The summed E-state index contributed by atoms with van der Waals surface area (Å²) in [7, 11) is 2.00. The highest BCUT2D eigenvalue weighted by Crippen LogP contribution is 2.14. The van der Waals surface area contributed by atoms with Crippen LogP contribution in [0.1, 0.15) is 6.42 Å². The minimum absolute atomic E-state index is 0. The highest BCUT2D eigenvalue weighted by atomic mass is 35.5. The maximum atomic E-state index is 5.37. The van der Waals surface area contributed by atoms with E-state index in [-0.39, 0.29) is 12.4 Å². The van der Waals surface area contributed by atoms with Crippen LogP contribution < -0.4 is 5.73 Å². The maximum Gasteiger partial charge on any atom is 0.167 e. The third-order valence-corrected chi connectivity index (χ3v) is 2.50. The molecule has 5 heteroatoms. The average molecular weight is 208 g/mol. The van der Waals surface area contributed by atoms with Crippen molar-refractivity contribution in [1.82, 2.24) is 9.55 Å².